The average molecular weight is 308 g/mol. The van der Waals surface area contributed by atoms with Gasteiger partial charge in [0.25, 0.3) is 0 Å². The standard InChI is InChI=1S/C16H28N4O2/c1-7-13(20-15(21)22-16(4,5)6)10-19-12(3)14-11(2)17-8-9-18-14/h8-9,12-13,19H,7,10H2,1-6H3,(H,20,21). The number of carbonyl (C=O) groups excluding carboxylic acids is 1. The molecule has 2 unspecified atom stereocenters. The molecule has 6 nitrogen and oxygen atoms in total. The van der Waals surface area contributed by atoms with Gasteiger partial charge in [-0.05, 0) is 41.0 Å². The molecule has 0 aromatic carbocycles. The van der Waals surface area contributed by atoms with Crippen molar-refractivity contribution in [1.82, 2.24) is 20.6 Å². The van der Waals surface area contributed by atoms with Crippen molar-refractivity contribution in [1.29, 1.82) is 0 Å². The van der Waals surface area contributed by atoms with Crippen LogP contribution < -0.4 is 10.6 Å². The molecular formula is C16H28N4O2. The summed E-state index contributed by atoms with van der Waals surface area (Å²) in [5.74, 6) is 0. The third kappa shape index (κ3) is 6.39. The number of amides is 1. The van der Waals surface area contributed by atoms with Gasteiger partial charge in [-0.15, -0.1) is 0 Å². The van der Waals surface area contributed by atoms with E-state index in [1.54, 1.807) is 12.4 Å². The number of nitrogens with one attached hydrogen (secondary N) is 2. The topological polar surface area (TPSA) is 76.1 Å². The van der Waals surface area contributed by atoms with Crippen molar-refractivity contribution >= 4 is 6.09 Å². The molecule has 1 rings (SSSR count). The van der Waals surface area contributed by atoms with E-state index in [1.807, 2.05) is 41.5 Å². The molecule has 0 saturated carbocycles. The Labute approximate surface area is 133 Å². The van der Waals surface area contributed by atoms with Crippen LogP contribution in [-0.4, -0.2) is 34.2 Å². The lowest BCUT2D eigenvalue weighted by Crippen LogP contribution is -2.44. The maximum Gasteiger partial charge on any atom is 0.407 e. The van der Waals surface area contributed by atoms with E-state index in [4.69, 9.17) is 4.74 Å². The molecular weight excluding hydrogens is 280 g/mol. The molecule has 22 heavy (non-hydrogen) atoms. The smallest absolute Gasteiger partial charge is 0.407 e. The molecule has 1 amide bonds. The summed E-state index contributed by atoms with van der Waals surface area (Å²) in [5.41, 5.74) is 1.35. The number of alkyl carbamates (subject to hydrolysis) is 1. The Morgan fingerprint density at radius 2 is 1.95 bits per heavy atom. The molecule has 0 radical (unpaired) electrons. The fourth-order valence-corrected chi connectivity index (χ4v) is 2.03. The normalized spacial score (nSPS) is 14.3. The first-order valence-corrected chi connectivity index (χ1v) is 7.73. The first-order chi connectivity index (χ1) is 10.2. The molecule has 2 N–H and O–H groups in total. The first kappa shape index (κ1) is 18.4. The average Bonchev–Trinajstić information content (AvgIpc) is 2.41. The summed E-state index contributed by atoms with van der Waals surface area (Å²) in [4.78, 5) is 20.4. The van der Waals surface area contributed by atoms with E-state index in [2.05, 4.69) is 20.6 Å². The van der Waals surface area contributed by atoms with Crippen LogP contribution in [0, 0.1) is 6.92 Å². The summed E-state index contributed by atoms with van der Waals surface area (Å²) in [6, 6.07) is 0.0810. The molecule has 2 atom stereocenters. The molecule has 1 heterocycles. The van der Waals surface area contributed by atoms with Gasteiger partial charge in [-0.3, -0.25) is 9.97 Å². The van der Waals surface area contributed by atoms with E-state index in [-0.39, 0.29) is 18.2 Å². The Morgan fingerprint density at radius 1 is 1.32 bits per heavy atom. The fourth-order valence-electron chi connectivity index (χ4n) is 2.03. The second kappa shape index (κ2) is 8.08. The lowest BCUT2D eigenvalue weighted by molar-refractivity contribution is 0.0502. The molecule has 0 bridgehead atoms. The minimum absolute atomic E-state index is 0.00859. The third-order valence-corrected chi connectivity index (χ3v) is 3.21. The largest absolute Gasteiger partial charge is 0.444 e. The predicted molar refractivity (Wildman–Crippen MR) is 86.6 cm³/mol. The Bertz CT molecular complexity index is 485. The third-order valence-electron chi connectivity index (χ3n) is 3.21. The zero-order valence-corrected chi connectivity index (χ0v) is 14.4. The highest BCUT2D eigenvalue weighted by atomic mass is 16.6. The van der Waals surface area contributed by atoms with Gasteiger partial charge in [-0.2, -0.15) is 0 Å². The molecule has 1 aromatic heterocycles. The van der Waals surface area contributed by atoms with E-state index < -0.39 is 5.60 Å². The fraction of sp³-hybridized carbons (Fsp3) is 0.688. The highest BCUT2D eigenvalue weighted by molar-refractivity contribution is 5.68. The lowest BCUT2D eigenvalue weighted by atomic mass is 10.1. The summed E-state index contributed by atoms with van der Waals surface area (Å²) in [5, 5.41) is 6.27. The highest BCUT2D eigenvalue weighted by Crippen LogP contribution is 2.12. The van der Waals surface area contributed by atoms with E-state index in [9.17, 15) is 4.79 Å². The van der Waals surface area contributed by atoms with Crippen molar-refractivity contribution in [3.05, 3.63) is 23.8 Å². The quantitative estimate of drug-likeness (QED) is 0.845. The number of hydrogen-bond acceptors (Lipinski definition) is 5. The van der Waals surface area contributed by atoms with Crippen molar-refractivity contribution in [3.63, 3.8) is 0 Å². The minimum Gasteiger partial charge on any atom is -0.444 e. The molecule has 0 aliphatic carbocycles. The Kier molecular flexibility index (Phi) is 6.74. The SMILES string of the molecule is CCC(CNC(C)c1nccnc1C)NC(=O)OC(C)(C)C. The van der Waals surface area contributed by atoms with Gasteiger partial charge in [0, 0.05) is 31.0 Å². The molecule has 0 spiro atoms. The molecule has 124 valence electrons. The summed E-state index contributed by atoms with van der Waals surface area (Å²) in [6.07, 6.45) is 3.81. The second-order valence-corrected chi connectivity index (χ2v) is 6.41. The zero-order valence-electron chi connectivity index (χ0n) is 14.4. The van der Waals surface area contributed by atoms with Crippen molar-refractivity contribution in [2.75, 3.05) is 6.54 Å². The van der Waals surface area contributed by atoms with Gasteiger partial charge in [-0.25, -0.2) is 4.79 Å². The van der Waals surface area contributed by atoms with E-state index in [0.717, 1.165) is 17.8 Å². The van der Waals surface area contributed by atoms with E-state index in [0.29, 0.717) is 6.54 Å². The number of aromatic nitrogens is 2. The van der Waals surface area contributed by atoms with Crippen LogP contribution >= 0.6 is 0 Å². The number of nitrogens with zero attached hydrogens (tertiary/aromatic N) is 2. The van der Waals surface area contributed by atoms with Crippen LogP contribution in [0.1, 0.15) is 58.5 Å². The highest BCUT2D eigenvalue weighted by Gasteiger charge is 2.19. The van der Waals surface area contributed by atoms with Crippen LogP contribution in [-0.2, 0) is 4.74 Å². The van der Waals surface area contributed by atoms with Gasteiger partial charge in [0.05, 0.1) is 11.4 Å². The maximum absolute atomic E-state index is 11.8. The second-order valence-electron chi connectivity index (χ2n) is 6.41. The van der Waals surface area contributed by atoms with Crippen molar-refractivity contribution in [2.24, 2.45) is 0 Å². The predicted octanol–water partition coefficient (Wildman–Crippen LogP) is 2.74. The van der Waals surface area contributed by atoms with Crippen LogP contribution in [0.2, 0.25) is 0 Å². The summed E-state index contributed by atoms with van der Waals surface area (Å²) < 4.78 is 5.28. The van der Waals surface area contributed by atoms with E-state index >= 15 is 0 Å². The lowest BCUT2D eigenvalue weighted by Gasteiger charge is -2.24. The van der Waals surface area contributed by atoms with Crippen LogP contribution in [0.15, 0.2) is 12.4 Å². The molecule has 1 aromatic rings. The summed E-state index contributed by atoms with van der Waals surface area (Å²) >= 11 is 0. The minimum atomic E-state index is -0.486. The Balaban J connectivity index is 2.50. The monoisotopic (exact) mass is 308 g/mol. The van der Waals surface area contributed by atoms with Gasteiger partial charge in [0.1, 0.15) is 5.60 Å². The number of hydrogen-bond donors (Lipinski definition) is 2. The zero-order chi connectivity index (χ0) is 16.8. The van der Waals surface area contributed by atoms with E-state index in [1.165, 1.54) is 0 Å². The number of ether oxygens (including phenoxy) is 1. The van der Waals surface area contributed by atoms with Gasteiger partial charge >= 0.3 is 6.09 Å². The summed E-state index contributed by atoms with van der Waals surface area (Å²) in [7, 11) is 0. The van der Waals surface area contributed by atoms with Crippen LogP contribution in [0.3, 0.4) is 0 Å². The van der Waals surface area contributed by atoms with Gasteiger partial charge in [0.15, 0.2) is 0 Å². The van der Waals surface area contributed by atoms with Crippen LogP contribution in [0.5, 0.6) is 0 Å². The van der Waals surface area contributed by atoms with Crippen molar-refractivity contribution in [2.45, 2.75) is 65.6 Å². The van der Waals surface area contributed by atoms with Gasteiger partial charge < -0.3 is 15.4 Å². The molecule has 6 heteroatoms. The maximum atomic E-state index is 11.8. The van der Waals surface area contributed by atoms with Crippen molar-refractivity contribution < 1.29 is 9.53 Å². The molecule has 0 saturated heterocycles. The number of aryl methyl sites for hydroxylation is 1. The molecule has 0 aliphatic rings. The molecule has 0 aliphatic heterocycles. The first-order valence-electron chi connectivity index (χ1n) is 7.73. The summed E-state index contributed by atoms with van der Waals surface area (Å²) in [6.45, 7) is 12.2. The van der Waals surface area contributed by atoms with Crippen molar-refractivity contribution in [3.8, 4) is 0 Å². The van der Waals surface area contributed by atoms with Crippen LogP contribution in [0.4, 0.5) is 4.79 Å². The van der Waals surface area contributed by atoms with Gasteiger partial charge in [-0.1, -0.05) is 6.92 Å². The number of rotatable bonds is 6. The number of carbonyl (C=O) groups is 1. The van der Waals surface area contributed by atoms with Gasteiger partial charge in [0.2, 0.25) is 0 Å². The van der Waals surface area contributed by atoms with Crippen LogP contribution in [0.25, 0.3) is 0 Å². The Morgan fingerprint density at radius 3 is 2.50 bits per heavy atom. The Hall–Kier alpha value is -1.69. The molecule has 0 fully saturated rings.